The largest absolute Gasteiger partial charge is 0.494 e. The first-order valence-corrected chi connectivity index (χ1v) is 5.03. The Morgan fingerprint density at radius 1 is 1.62 bits per heavy atom. The molecule has 1 aromatic carbocycles. The molecule has 0 aliphatic rings. The molecule has 5 heteroatoms. The molecule has 3 N–H and O–H groups in total. The van der Waals surface area contributed by atoms with Crippen LogP contribution in [0, 0.1) is 0 Å². The molecule has 0 heterocycles. The number of nitrogens with one attached hydrogen (secondary N) is 1. The zero-order valence-electron chi connectivity index (χ0n) is 9.14. The molecule has 0 spiro atoms. The number of nitrogens with zero attached hydrogens (tertiary/aromatic N) is 1. The minimum Gasteiger partial charge on any atom is -0.494 e. The first-order valence-electron chi connectivity index (χ1n) is 5.03. The summed E-state index contributed by atoms with van der Waals surface area (Å²) >= 11 is 0. The molecule has 0 unspecified atom stereocenters. The van der Waals surface area contributed by atoms with E-state index >= 15 is 0 Å². The lowest BCUT2D eigenvalue weighted by atomic mass is 10.2. The van der Waals surface area contributed by atoms with Gasteiger partial charge in [0.2, 0.25) is 0 Å². The molecule has 2 amide bonds. The number of primary amides is 1. The van der Waals surface area contributed by atoms with Crippen molar-refractivity contribution in [3.8, 4) is 5.75 Å². The van der Waals surface area contributed by atoms with Crippen molar-refractivity contribution in [3.63, 3.8) is 0 Å². The van der Waals surface area contributed by atoms with E-state index in [0.717, 1.165) is 17.7 Å². The van der Waals surface area contributed by atoms with Gasteiger partial charge in [0.15, 0.2) is 0 Å². The van der Waals surface area contributed by atoms with E-state index in [1.807, 2.05) is 31.2 Å². The Labute approximate surface area is 94.3 Å². The lowest BCUT2D eigenvalue weighted by molar-refractivity contribution is 0.249. The quantitative estimate of drug-likeness (QED) is 0.583. The first-order chi connectivity index (χ1) is 7.72. The van der Waals surface area contributed by atoms with E-state index in [-0.39, 0.29) is 0 Å². The SMILES string of the molecule is CCCOc1cccc(C=NNC(N)=O)c1. The number of amides is 2. The highest BCUT2D eigenvalue weighted by Gasteiger charge is 1.94. The lowest BCUT2D eigenvalue weighted by Crippen LogP contribution is -2.24. The van der Waals surface area contributed by atoms with Crippen molar-refractivity contribution < 1.29 is 9.53 Å². The topological polar surface area (TPSA) is 76.7 Å². The molecule has 0 atom stereocenters. The standard InChI is InChI=1S/C11H15N3O2/c1-2-6-16-10-5-3-4-9(7-10)8-13-14-11(12)15/h3-5,7-8H,2,6H2,1H3,(H3,12,14,15). The van der Waals surface area contributed by atoms with Gasteiger partial charge < -0.3 is 10.5 Å². The Morgan fingerprint density at radius 3 is 3.12 bits per heavy atom. The van der Waals surface area contributed by atoms with Gasteiger partial charge in [0, 0.05) is 0 Å². The third kappa shape index (κ3) is 4.45. The second kappa shape index (κ2) is 6.44. The Morgan fingerprint density at radius 2 is 2.44 bits per heavy atom. The molecule has 0 saturated carbocycles. The highest BCUT2D eigenvalue weighted by Crippen LogP contribution is 2.12. The number of nitrogens with two attached hydrogens (primary N) is 1. The normalized spacial score (nSPS) is 10.3. The van der Waals surface area contributed by atoms with Crippen molar-refractivity contribution >= 4 is 12.2 Å². The number of carbonyl (C=O) groups excluding carboxylic acids is 1. The number of benzene rings is 1. The minimum absolute atomic E-state index is 0.681. The van der Waals surface area contributed by atoms with E-state index in [1.54, 1.807) is 0 Å². The van der Waals surface area contributed by atoms with Gasteiger partial charge in [0.25, 0.3) is 0 Å². The number of hydrogen-bond acceptors (Lipinski definition) is 3. The highest BCUT2D eigenvalue weighted by atomic mass is 16.5. The van der Waals surface area contributed by atoms with Gasteiger partial charge in [-0.05, 0) is 24.1 Å². The number of urea groups is 1. The van der Waals surface area contributed by atoms with Gasteiger partial charge in [0.1, 0.15) is 5.75 Å². The second-order valence-corrected chi connectivity index (χ2v) is 3.16. The van der Waals surface area contributed by atoms with Crippen molar-refractivity contribution in [1.82, 2.24) is 5.43 Å². The van der Waals surface area contributed by atoms with Crippen molar-refractivity contribution in [3.05, 3.63) is 29.8 Å². The Hall–Kier alpha value is -2.04. The maximum absolute atomic E-state index is 10.4. The molecule has 1 aromatic rings. The van der Waals surface area contributed by atoms with Crippen LogP contribution >= 0.6 is 0 Å². The van der Waals surface area contributed by atoms with Crippen LogP contribution in [0.15, 0.2) is 29.4 Å². The van der Waals surface area contributed by atoms with Crippen molar-refractivity contribution in [1.29, 1.82) is 0 Å². The summed E-state index contributed by atoms with van der Waals surface area (Å²) in [6.45, 7) is 2.72. The summed E-state index contributed by atoms with van der Waals surface area (Å²) in [5.41, 5.74) is 7.82. The summed E-state index contributed by atoms with van der Waals surface area (Å²) in [4.78, 5) is 10.4. The molecule has 0 bridgehead atoms. The van der Waals surface area contributed by atoms with Crippen LogP contribution in [0.2, 0.25) is 0 Å². The zero-order valence-corrected chi connectivity index (χ0v) is 9.14. The highest BCUT2D eigenvalue weighted by molar-refractivity contribution is 5.81. The number of rotatable bonds is 5. The van der Waals surface area contributed by atoms with Gasteiger partial charge in [-0.1, -0.05) is 19.1 Å². The van der Waals surface area contributed by atoms with Crippen molar-refractivity contribution in [2.24, 2.45) is 10.8 Å². The summed E-state index contributed by atoms with van der Waals surface area (Å²) < 4.78 is 5.45. The molecule has 1 rings (SSSR count). The van der Waals surface area contributed by atoms with Crippen LogP contribution in [0.3, 0.4) is 0 Å². The summed E-state index contributed by atoms with van der Waals surface area (Å²) in [6.07, 6.45) is 2.46. The monoisotopic (exact) mass is 221 g/mol. The molecular formula is C11H15N3O2. The van der Waals surface area contributed by atoms with Gasteiger partial charge in [-0.2, -0.15) is 5.10 Å². The molecule has 0 aliphatic heterocycles. The van der Waals surface area contributed by atoms with Crippen LogP contribution < -0.4 is 15.9 Å². The average molecular weight is 221 g/mol. The molecule has 16 heavy (non-hydrogen) atoms. The molecule has 0 fully saturated rings. The predicted octanol–water partition coefficient (Wildman–Crippen LogP) is 1.48. The van der Waals surface area contributed by atoms with E-state index in [1.165, 1.54) is 6.21 Å². The fourth-order valence-corrected chi connectivity index (χ4v) is 1.07. The number of ether oxygens (including phenoxy) is 1. The zero-order chi connectivity index (χ0) is 11.8. The predicted molar refractivity (Wildman–Crippen MR) is 62.5 cm³/mol. The number of hydrazone groups is 1. The second-order valence-electron chi connectivity index (χ2n) is 3.16. The summed E-state index contributed by atoms with van der Waals surface area (Å²) in [7, 11) is 0. The van der Waals surface area contributed by atoms with Gasteiger partial charge in [-0.15, -0.1) is 0 Å². The summed E-state index contributed by atoms with van der Waals surface area (Å²) in [5, 5.41) is 3.66. The first kappa shape index (κ1) is 12.0. The van der Waals surface area contributed by atoms with Gasteiger partial charge in [-0.3, -0.25) is 0 Å². The summed E-state index contributed by atoms with van der Waals surface area (Å²) in [6, 6.07) is 6.73. The smallest absolute Gasteiger partial charge is 0.332 e. The molecule has 5 nitrogen and oxygen atoms in total. The van der Waals surface area contributed by atoms with Crippen molar-refractivity contribution in [2.75, 3.05) is 6.61 Å². The van der Waals surface area contributed by atoms with Crippen LogP contribution in [-0.2, 0) is 0 Å². The van der Waals surface area contributed by atoms with Gasteiger partial charge in [0.05, 0.1) is 12.8 Å². The molecule has 86 valence electrons. The van der Waals surface area contributed by atoms with Crippen LogP contribution in [0.5, 0.6) is 5.75 Å². The van der Waals surface area contributed by atoms with E-state index in [0.29, 0.717) is 6.61 Å². The Kier molecular flexibility index (Phi) is 4.85. The van der Waals surface area contributed by atoms with Crippen molar-refractivity contribution in [2.45, 2.75) is 13.3 Å². The molecular weight excluding hydrogens is 206 g/mol. The average Bonchev–Trinajstić information content (AvgIpc) is 2.26. The molecule has 0 aromatic heterocycles. The number of hydrogen-bond donors (Lipinski definition) is 2. The fourth-order valence-electron chi connectivity index (χ4n) is 1.07. The maximum atomic E-state index is 10.4. The Balaban J connectivity index is 2.59. The molecule has 0 aliphatic carbocycles. The van der Waals surface area contributed by atoms with E-state index < -0.39 is 6.03 Å². The maximum Gasteiger partial charge on any atom is 0.332 e. The molecule has 0 radical (unpaired) electrons. The Bertz CT molecular complexity index is 377. The minimum atomic E-state index is -0.686. The third-order valence-corrected chi connectivity index (χ3v) is 1.72. The van der Waals surface area contributed by atoms with Gasteiger partial charge >= 0.3 is 6.03 Å². The van der Waals surface area contributed by atoms with E-state index in [4.69, 9.17) is 10.5 Å². The van der Waals surface area contributed by atoms with E-state index in [9.17, 15) is 4.79 Å². The fraction of sp³-hybridized carbons (Fsp3) is 0.273. The van der Waals surface area contributed by atoms with E-state index in [2.05, 4.69) is 10.5 Å². The van der Waals surface area contributed by atoms with Crippen LogP contribution in [0.1, 0.15) is 18.9 Å². The summed E-state index contributed by atoms with van der Waals surface area (Å²) in [5.74, 6) is 0.782. The number of carbonyl (C=O) groups is 1. The lowest BCUT2D eigenvalue weighted by Gasteiger charge is -2.04. The van der Waals surface area contributed by atoms with Crippen LogP contribution in [-0.4, -0.2) is 18.9 Å². The third-order valence-electron chi connectivity index (χ3n) is 1.72. The van der Waals surface area contributed by atoms with Gasteiger partial charge in [-0.25, -0.2) is 10.2 Å². The molecule has 0 saturated heterocycles. The van der Waals surface area contributed by atoms with Crippen LogP contribution in [0.25, 0.3) is 0 Å². The van der Waals surface area contributed by atoms with Crippen LogP contribution in [0.4, 0.5) is 4.79 Å².